The molecule has 1 aromatic carbocycles. The minimum absolute atomic E-state index is 0.0520. The van der Waals surface area contributed by atoms with Gasteiger partial charge in [0, 0.05) is 25.1 Å². The van der Waals surface area contributed by atoms with Gasteiger partial charge in [-0.15, -0.1) is 0 Å². The standard InChI is InChI=1S/C31H45FN6O12/c1-5-6-15-49-26(42)13-12-23(36-27(43)20-16-19(38(47)48)10-11-21(20)32)29(45)37-22(28(44)35-17-24(39)34-18-25(40)41)9-7-8-14-33-30(46)50-31(2,3)4/h10-11,16,22-23H,5-9,12-15,17-18H2,1-4H3,(H,33,46)(H,34,39)(H,35,44)(H,36,43)(H,37,45)(H,40,41). The number of unbranched alkanes of at least 4 members (excludes halogenated alkanes) is 2. The molecule has 0 aliphatic carbocycles. The molecular formula is C31H45FN6O12. The molecule has 5 amide bonds. The maximum absolute atomic E-state index is 14.5. The van der Waals surface area contributed by atoms with Gasteiger partial charge in [0.05, 0.1) is 23.6 Å². The highest BCUT2D eigenvalue weighted by Gasteiger charge is 2.29. The molecule has 0 bridgehead atoms. The number of carbonyl (C=O) groups is 7. The van der Waals surface area contributed by atoms with Crippen molar-refractivity contribution in [3.8, 4) is 0 Å². The van der Waals surface area contributed by atoms with Crippen LogP contribution in [-0.4, -0.2) is 95.6 Å². The molecular weight excluding hydrogens is 667 g/mol. The van der Waals surface area contributed by atoms with Crippen LogP contribution in [0.3, 0.4) is 0 Å². The van der Waals surface area contributed by atoms with Crippen molar-refractivity contribution in [1.29, 1.82) is 0 Å². The van der Waals surface area contributed by atoms with Gasteiger partial charge < -0.3 is 41.2 Å². The molecule has 2 unspecified atom stereocenters. The number of nitro benzene ring substituents is 1. The predicted molar refractivity (Wildman–Crippen MR) is 173 cm³/mol. The monoisotopic (exact) mass is 712 g/mol. The number of carboxylic acid groups (broad SMARTS) is 1. The van der Waals surface area contributed by atoms with Crippen LogP contribution in [0.1, 0.15) is 83.0 Å². The molecule has 0 heterocycles. The van der Waals surface area contributed by atoms with Crippen molar-refractivity contribution >= 4 is 47.3 Å². The van der Waals surface area contributed by atoms with E-state index in [1.165, 1.54) is 0 Å². The average Bonchev–Trinajstić information content (AvgIpc) is 3.02. The van der Waals surface area contributed by atoms with Crippen LogP contribution in [0.15, 0.2) is 18.2 Å². The van der Waals surface area contributed by atoms with Crippen LogP contribution >= 0.6 is 0 Å². The van der Waals surface area contributed by atoms with Crippen molar-refractivity contribution < 1.29 is 57.5 Å². The summed E-state index contributed by atoms with van der Waals surface area (Å²) in [6.45, 7) is 5.85. The van der Waals surface area contributed by atoms with Crippen molar-refractivity contribution in [2.45, 2.75) is 90.3 Å². The topological polar surface area (TPSA) is 261 Å². The van der Waals surface area contributed by atoms with E-state index in [1.54, 1.807) is 20.8 Å². The number of hydrogen-bond acceptors (Lipinski definition) is 11. The molecule has 2 atom stereocenters. The smallest absolute Gasteiger partial charge is 0.407 e. The Hall–Kier alpha value is -5.36. The number of nitrogens with zero attached hydrogens (tertiary/aromatic N) is 1. The number of esters is 1. The fourth-order valence-electron chi connectivity index (χ4n) is 4.02. The molecule has 6 N–H and O–H groups in total. The van der Waals surface area contributed by atoms with Gasteiger partial charge in [-0.3, -0.25) is 38.9 Å². The molecule has 50 heavy (non-hydrogen) atoms. The van der Waals surface area contributed by atoms with Gasteiger partial charge in [-0.1, -0.05) is 13.3 Å². The van der Waals surface area contributed by atoms with E-state index in [0.717, 1.165) is 12.5 Å². The minimum Gasteiger partial charge on any atom is -0.480 e. The quantitative estimate of drug-likeness (QED) is 0.0458. The Morgan fingerprint density at radius 3 is 2.22 bits per heavy atom. The fourth-order valence-corrected chi connectivity index (χ4v) is 4.02. The number of halogens is 1. The number of nitrogens with one attached hydrogen (secondary N) is 5. The first kappa shape index (κ1) is 42.7. The van der Waals surface area contributed by atoms with Gasteiger partial charge in [-0.2, -0.15) is 0 Å². The van der Waals surface area contributed by atoms with Crippen LogP contribution in [0, 0.1) is 15.9 Å². The Morgan fingerprint density at radius 2 is 1.60 bits per heavy atom. The number of non-ortho nitro benzene ring substituents is 1. The summed E-state index contributed by atoms with van der Waals surface area (Å²) < 4.78 is 24.8. The molecule has 0 radical (unpaired) electrons. The van der Waals surface area contributed by atoms with Gasteiger partial charge in [0.2, 0.25) is 17.7 Å². The summed E-state index contributed by atoms with van der Waals surface area (Å²) in [6, 6.07) is -0.686. The highest BCUT2D eigenvalue weighted by molar-refractivity contribution is 5.99. The van der Waals surface area contributed by atoms with Crippen LogP contribution in [-0.2, 0) is 33.4 Å². The van der Waals surface area contributed by atoms with Gasteiger partial charge in [-0.25, -0.2) is 9.18 Å². The van der Waals surface area contributed by atoms with E-state index in [9.17, 15) is 48.1 Å². The van der Waals surface area contributed by atoms with Gasteiger partial charge in [0.15, 0.2) is 0 Å². The van der Waals surface area contributed by atoms with Gasteiger partial charge in [-0.05, 0) is 58.9 Å². The normalized spacial score (nSPS) is 12.0. The number of rotatable bonds is 21. The lowest BCUT2D eigenvalue weighted by molar-refractivity contribution is -0.384. The Kier molecular flexibility index (Phi) is 18.4. The summed E-state index contributed by atoms with van der Waals surface area (Å²) in [5.41, 5.74) is -2.07. The number of amides is 5. The second-order valence-corrected chi connectivity index (χ2v) is 11.9. The van der Waals surface area contributed by atoms with Crippen LogP contribution in [0.5, 0.6) is 0 Å². The third-order valence-corrected chi connectivity index (χ3v) is 6.51. The molecule has 0 aliphatic rings. The first-order valence-electron chi connectivity index (χ1n) is 15.9. The number of hydrogen-bond donors (Lipinski definition) is 6. The molecule has 278 valence electrons. The van der Waals surface area contributed by atoms with Crippen LogP contribution < -0.4 is 26.6 Å². The maximum Gasteiger partial charge on any atom is 0.407 e. The summed E-state index contributed by atoms with van der Waals surface area (Å²) in [7, 11) is 0. The van der Waals surface area contributed by atoms with E-state index >= 15 is 0 Å². The van der Waals surface area contributed by atoms with Crippen molar-refractivity contribution in [1.82, 2.24) is 26.6 Å². The third-order valence-electron chi connectivity index (χ3n) is 6.51. The first-order valence-corrected chi connectivity index (χ1v) is 15.9. The van der Waals surface area contributed by atoms with Gasteiger partial charge in [0.25, 0.3) is 11.6 Å². The molecule has 0 fully saturated rings. The zero-order valence-corrected chi connectivity index (χ0v) is 28.4. The van der Waals surface area contributed by atoms with E-state index in [1.807, 2.05) is 6.92 Å². The predicted octanol–water partition coefficient (Wildman–Crippen LogP) is 1.45. The average molecular weight is 713 g/mol. The molecule has 0 saturated carbocycles. The van der Waals surface area contributed by atoms with Crippen LogP contribution in [0.2, 0.25) is 0 Å². The number of aliphatic carboxylic acids is 1. The fraction of sp³-hybridized carbons (Fsp3) is 0.581. The number of ether oxygens (including phenoxy) is 2. The van der Waals surface area contributed by atoms with E-state index in [4.69, 9.17) is 14.6 Å². The molecule has 18 nitrogen and oxygen atoms in total. The van der Waals surface area contributed by atoms with Crippen LogP contribution in [0.4, 0.5) is 14.9 Å². The Bertz CT molecular complexity index is 1380. The number of carbonyl (C=O) groups excluding carboxylic acids is 6. The van der Waals surface area contributed by atoms with Gasteiger partial charge >= 0.3 is 18.0 Å². The Morgan fingerprint density at radius 1 is 0.920 bits per heavy atom. The minimum atomic E-state index is -1.57. The zero-order valence-electron chi connectivity index (χ0n) is 28.4. The first-order chi connectivity index (χ1) is 23.4. The number of nitro groups is 1. The number of benzene rings is 1. The molecule has 19 heteroatoms. The Labute approximate surface area is 287 Å². The lowest BCUT2D eigenvalue weighted by Gasteiger charge is -2.23. The van der Waals surface area contributed by atoms with Crippen molar-refractivity contribution in [3.63, 3.8) is 0 Å². The molecule has 1 aromatic rings. The Balaban J connectivity index is 3.16. The molecule has 1 rings (SSSR count). The molecule has 0 aliphatic heterocycles. The van der Waals surface area contributed by atoms with E-state index in [-0.39, 0.29) is 38.8 Å². The molecule has 0 spiro atoms. The molecule has 0 saturated heterocycles. The van der Waals surface area contributed by atoms with E-state index < -0.39 is 94.4 Å². The number of alkyl carbamates (subject to hydrolysis) is 1. The van der Waals surface area contributed by atoms with Gasteiger partial charge in [0.1, 0.15) is 30.0 Å². The summed E-state index contributed by atoms with van der Waals surface area (Å²) in [6.07, 6.45) is 0.402. The highest BCUT2D eigenvalue weighted by atomic mass is 19.1. The van der Waals surface area contributed by atoms with Crippen molar-refractivity contribution in [2.24, 2.45) is 0 Å². The summed E-state index contributed by atoms with van der Waals surface area (Å²) >= 11 is 0. The highest BCUT2D eigenvalue weighted by Crippen LogP contribution is 2.17. The van der Waals surface area contributed by atoms with Crippen LogP contribution in [0.25, 0.3) is 0 Å². The maximum atomic E-state index is 14.5. The van der Waals surface area contributed by atoms with Crippen molar-refractivity contribution in [3.05, 3.63) is 39.7 Å². The van der Waals surface area contributed by atoms with Crippen molar-refractivity contribution in [2.75, 3.05) is 26.2 Å². The second-order valence-electron chi connectivity index (χ2n) is 11.9. The third kappa shape index (κ3) is 17.7. The largest absolute Gasteiger partial charge is 0.480 e. The summed E-state index contributed by atoms with van der Waals surface area (Å²) in [4.78, 5) is 96.9. The molecule has 0 aromatic heterocycles. The summed E-state index contributed by atoms with van der Waals surface area (Å²) in [5.74, 6) is -7.04. The number of carboxylic acids is 1. The summed E-state index contributed by atoms with van der Waals surface area (Å²) in [5, 5.41) is 31.5. The zero-order chi connectivity index (χ0) is 37.9. The second kappa shape index (κ2) is 21.6. The SMILES string of the molecule is CCCCOC(=O)CCC(NC(=O)c1cc([N+](=O)[O-])ccc1F)C(=O)NC(CCCCNC(=O)OC(C)(C)C)C(=O)NCC(=O)NCC(=O)O. The van der Waals surface area contributed by atoms with E-state index in [2.05, 4.69) is 26.6 Å². The lowest BCUT2D eigenvalue weighted by Crippen LogP contribution is -2.54. The lowest BCUT2D eigenvalue weighted by atomic mass is 10.1. The van der Waals surface area contributed by atoms with E-state index in [0.29, 0.717) is 25.0 Å².